The minimum atomic E-state index is -0.193. The van der Waals surface area contributed by atoms with Crippen molar-refractivity contribution in [3.63, 3.8) is 0 Å². The van der Waals surface area contributed by atoms with Crippen molar-refractivity contribution < 1.29 is 31.1 Å². The van der Waals surface area contributed by atoms with Crippen molar-refractivity contribution in [3.05, 3.63) is 197 Å². The second-order valence-electron chi connectivity index (χ2n) is 15.7. The van der Waals surface area contributed by atoms with Crippen molar-refractivity contribution in [2.24, 2.45) is 0 Å². The van der Waals surface area contributed by atoms with E-state index in [2.05, 4.69) is 135 Å². The monoisotopic (exact) mass is 830 g/mol. The molecule has 59 heavy (non-hydrogen) atoms. The third-order valence-corrected chi connectivity index (χ3v) is 12.3. The number of carbonyl (C=O) groups is 2. The number of anilines is 2. The maximum atomic E-state index is 16.1. The largest absolute Gasteiger partial charge is 1.00 e. The number of imidazole rings is 1. The Morgan fingerprint density at radius 3 is 1.34 bits per heavy atom. The average molecular weight is 832 g/mol. The summed E-state index contributed by atoms with van der Waals surface area (Å²) in [5.74, 6) is -0.386. The summed E-state index contributed by atoms with van der Waals surface area (Å²) in [4.78, 5) is 36.5. The van der Waals surface area contributed by atoms with Gasteiger partial charge < -0.3 is 26.8 Å². The van der Waals surface area contributed by atoms with Gasteiger partial charge in [0.1, 0.15) is 29.4 Å². The van der Waals surface area contributed by atoms with Crippen LogP contribution in [0.25, 0.3) is 54.5 Å². The number of halogens is 1. The predicted molar refractivity (Wildman–Crippen MR) is 235 cm³/mol. The van der Waals surface area contributed by atoms with Crippen LogP contribution in [0, 0.1) is 27.7 Å². The number of hydrogen-bond donors (Lipinski definition) is 0. The number of aromatic nitrogens is 2. The Morgan fingerprint density at radius 1 is 0.441 bits per heavy atom. The first-order chi connectivity index (χ1) is 28.3. The molecule has 0 amide bonds. The van der Waals surface area contributed by atoms with Gasteiger partial charge in [0.05, 0.1) is 11.4 Å². The molecule has 0 unspecified atom stereocenters. The maximum absolute atomic E-state index is 16.1. The Hall–Kier alpha value is -6.83. The summed E-state index contributed by atoms with van der Waals surface area (Å²) in [6.07, 6.45) is 1.98. The lowest BCUT2D eigenvalue weighted by molar-refractivity contribution is -0.595. The van der Waals surface area contributed by atoms with E-state index in [-0.39, 0.29) is 35.2 Å². The number of nitrogens with zero attached hydrogens (tertiary/aromatic N) is 4. The normalized spacial score (nSPS) is 13.8. The van der Waals surface area contributed by atoms with Crippen LogP contribution < -0.4 is 31.3 Å². The highest BCUT2D eigenvalue weighted by molar-refractivity contribution is 6.29. The third-order valence-electron chi connectivity index (χ3n) is 12.3. The van der Waals surface area contributed by atoms with Gasteiger partial charge in [0.15, 0.2) is 0 Å². The fraction of sp³-hybridized carbons (Fsp3) is 0.0962. The first-order valence-electron chi connectivity index (χ1n) is 19.8. The quantitative estimate of drug-likeness (QED) is 0.168. The van der Waals surface area contributed by atoms with Gasteiger partial charge in [-0.05, 0) is 71.5 Å². The molecule has 0 radical (unpaired) electrons. The Balaban J connectivity index is 0.00000420. The van der Waals surface area contributed by atoms with Crippen LogP contribution >= 0.6 is 0 Å². The molecule has 11 rings (SSSR count). The van der Waals surface area contributed by atoms with E-state index in [4.69, 9.17) is 0 Å². The maximum Gasteiger partial charge on any atom is 0.256 e. The number of allylic oxidation sites excluding steroid dienone is 2. The van der Waals surface area contributed by atoms with Crippen LogP contribution in [0.5, 0.6) is 0 Å². The molecule has 8 aromatic carbocycles. The molecular formula is C52H39BrN4O2. The van der Waals surface area contributed by atoms with Gasteiger partial charge in [-0.1, -0.05) is 146 Å². The zero-order valence-corrected chi connectivity index (χ0v) is 34.7. The Bertz CT molecular complexity index is 3110. The average Bonchev–Trinajstić information content (AvgIpc) is 3.83. The molecule has 2 heterocycles. The van der Waals surface area contributed by atoms with Crippen LogP contribution in [-0.2, 0) is 0 Å². The molecule has 2 aliphatic rings. The molecule has 286 valence electrons. The molecule has 0 saturated carbocycles. The van der Waals surface area contributed by atoms with Crippen molar-refractivity contribution in [1.29, 1.82) is 0 Å². The van der Waals surface area contributed by atoms with Gasteiger partial charge in [-0.3, -0.25) is 9.59 Å². The molecular weight excluding hydrogens is 793 g/mol. The number of hydrogen-bond acceptors (Lipinski definition) is 4. The van der Waals surface area contributed by atoms with Crippen LogP contribution in [-0.4, -0.2) is 22.8 Å². The number of rotatable bonds is 4. The lowest BCUT2D eigenvalue weighted by Crippen LogP contribution is -3.00. The van der Waals surface area contributed by atoms with E-state index in [1.807, 2.05) is 64.0 Å². The second-order valence-corrected chi connectivity index (χ2v) is 15.7. The lowest BCUT2D eigenvalue weighted by Gasteiger charge is -2.27. The van der Waals surface area contributed by atoms with Gasteiger partial charge in [0.2, 0.25) is 11.4 Å². The van der Waals surface area contributed by atoms with Gasteiger partial charge in [-0.2, -0.15) is 9.13 Å². The minimum Gasteiger partial charge on any atom is -1.00 e. The van der Waals surface area contributed by atoms with Crippen molar-refractivity contribution in [2.75, 3.05) is 16.5 Å². The van der Waals surface area contributed by atoms with Crippen LogP contribution in [0.3, 0.4) is 0 Å². The molecule has 9 aromatic rings. The fourth-order valence-corrected chi connectivity index (χ4v) is 9.63. The zero-order chi connectivity index (χ0) is 39.4. The van der Waals surface area contributed by atoms with E-state index < -0.39 is 0 Å². The van der Waals surface area contributed by atoms with Crippen molar-refractivity contribution in [2.45, 2.75) is 27.7 Å². The number of carbonyl (C=O) groups excluding carboxylic acids is 2. The second kappa shape index (κ2) is 13.6. The standard InChI is InChI=1S/C52H39N4O2.BrH/c1-31-21-25-35-13-5-9-17-39(35)43(31)53-29-54(44-32(2)22-26-36-14-6-10-18-40(36)44)48-47(53)51(57)49-50(52(48)58)56(46-34(4)24-28-38-16-8-12-20-42(38)46)30-55(49)45-33(3)23-27-37-15-7-11-19-41(37)45;/h5-29H,30H2,1-4H3;1H/q+1;/p-1. The molecule has 0 bridgehead atoms. The molecule has 0 fully saturated rings. The van der Waals surface area contributed by atoms with Crippen molar-refractivity contribution in [1.82, 2.24) is 4.57 Å². The SMILES string of the molecule is Cc1ccc2ccccc2c1N1CN(c2c(C)ccc3ccccc23)C2=C1C(=O)c1c([n+](-c3c(C)ccc4ccccc34)cn1-c1c(C)ccc3ccccc13)C2=O.[Br-]. The molecule has 0 N–H and O–H groups in total. The number of fused-ring (bicyclic) bond motifs is 5. The van der Waals surface area contributed by atoms with E-state index in [0.717, 1.165) is 88.1 Å². The number of benzene rings is 8. The first-order valence-corrected chi connectivity index (χ1v) is 19.8. The van der Waals surface area contributed by atoms with E-state index in [1.54, 1.807) is 0 Å². The summed E-state index contributed by atoms with van der Waals surface area (Å²) in [6.45, 7) is 8.63. The van der Waals surface area contributed by atoms with Crippen molar-refractivity contribution >= 4 is 66.0 Å². The summed E-state index contributed by atoms with van der Waals surface area (Å²) in [5, 5.41) is 8.31. The van der Waals surface area contributed by atoms with Crippen LogP contribution in [0.4, 0.5) is 11.4 Å². The van der Waals surface area contributed by atoms with Gasteiger partial charge >= 0.3 is 0 Å². The fourth-order valence-electron chi connectivity index (χ4n) is 9.63. The summed E-state index contributed by atoms with van der Waals surface area (Å²) in [7, 11) is 0. The van der Waals surface area contributed by atoms with Crippen molar-refractivity contribution in [3.8, 4) is 11.4 Å². The van der Waals surface area contributed by atoms with Crippen LogP contribution in [0.1, 0.15) is 43.2 Å². The Kier molecular flexibility index (Phi) is 8.44. The Morgan fingerprint density at radius 2 is 0.831 bits per heavy atom. The number of Topliss-reactive ketones (excluding diaryl/α,β-unsaturated/α-hetero) is 2. The smallest absolute Gasteiger partial charge is 0.256 e. The van der Waals surface area contributed by atoms with Crippen LogP contribution in [0.15, 0.2) is 163 Å². The Labute approximate surface area is 352 Å². The van der Waals surface area contributed by atoms with E-state index in [0.29, 0.717) is 22.8 Å². The molecule has 1 aliphatic carbocycles. The number of aryl methyl sites for hydroxylation is 4. The highest BCUT2D eigenvalue weighted by Crippen LogP contribution is 2.46. The molecule has 0 atom stereocenters. The van der Waals surface area contributed by atoms with E-state index in [1.165, 1.54) is 0 Å². The molecule has 6 nitrogen and oxygen atoms in total. The van der Waals surface area contributed by atoms with Crippen LogP contribution in [0.2, 0.25) is 0 Å². The highest BCUT2D eigenvalue weighted by Gasteiger charge is 2.52. The molecule has 1 aromatic heterocycles. The van der Waals surface area contributed by atoms with Gasteiger partial charge in [-0.25, -0.2) is 0 Å². The summed E-state index contributed by atoms with van der Waals surface area (Å²) < 4.78 is 4.00. The van der Waals surface area contributed by atoms with Gasteiger partial charge in [0.25, 0.3) is 17.9 Å². The predicted octanol–water partition coefficient (Wildman–Crippen LogP) is 8.18. The third kappa shape index (κ3) is 5.27. The summed E-state index contributed by atoms with van der Waals surface area (Å²) in [6, 6.07) is 50.0. The minimum absolute atomic E-state index is 0. The molecule has 0 saturated heterocycles. The van der Waals surface area contributed by atoms with Gasteiger partial charge in [-0.15, -0.1) is 0 Å². The van der Waals surface area contributed by atoms with E-state index in [9.17, 15) is 0 Å². The first kappa shape index (κ1) is 36.5. The van der Waals surface area contributed by atoms with E-state index >= 15 is 9.59 Å². The number of ketones is 2. The topological polar surface area (TPSA) is 49.4 Å². The highest BCUT2D eigenvalue weighted by atomic mass is 79.9. The summed E-state index contributed by atoms with van der Waals surface area (Å²) >= 11 is 0. The molecule has 1 aliphatic heterocycles. The molecule has 7 heteroatoms. The lowest BCUT2D eigenvalue weighted by atomic mass is 9.94. The molecule has 0 spiro atoms. The summed E-state index contributed by atoms with van der Waals surface area (Å²) in [5.41, 5.74) is 9.15. The van der Waals surface area contributed by atoms with Gasteiger partial charge in [0, 0.05) is 21.5 Å². The zero-order valence-electron chi connectivity index (χ0n) is 33.1.